The van der Waals surface area contributed by atoms with Crippen LogP contribution in [0.3, 0.4) is 0 Å². The third kappa shape index (κ3) is 4.30. The molecule has 0 radical (unpaired) electrons. The molecule has 3 nitrogen and oxygen atoms in total. The number of hydrogen-bond donors (Lipinski definition) is 0. The van der Waals surface area contributed by atoms with Gasteiger partial charge in [-0.15, -0.1) is 13.2 Å². The Morgan fingerprint density at radius 1 is 0.767 bits per heavy atom. The molecule has 0 bridgehead atoms. The summed E-state index contributed by atoms with van der Waals surface area (Å²) in [5.74, 6) is 1.68. The van der Waals surface area contributed by atoms with Gasteiger partial charge in [-0.05, 0) is 73.2 Å². The van der Waals surface area contributed by atoms with E-state index < -0.39 is 0 Å². The molecule has 0 aliphatic carbocycles. The Bertz CT molecular complexity index is 1000. The summed E-state index contributed by atoms with van der Waals surface area (Å²) in [7, 11) is 3.41. The highest BCUT2D eigenvalue weighted by Crippen LogP contribution is 2.38. The van der Waals surface area contributed by atoms with Crippen LogP contribution in [0.1, 0.15) is 22.3 Å². The lowest BCUT2D eigenvalue weighted by atomic mass is 9.98. The standard InChI is InChI=1S/C27H29NO2/c1-7-10-20-14-18(3)16-22(26(20)29-5)24-12-9-13-25(28-24)23-17-19(4)15-21(11-8-2)27(23)30-6/h7-9,12-17H,1-2,10-11H2,3-6H3. The van der Waals surface area contributed by atoms with Crippen LogP contribution in [-0.2, 0) is 12.8 Å². The van der Waals surface area contributed by atoms with Crippen LogP contribution < -0.4 is 9.47 Å². The molecule has 3 aromatic rings. The van der Waals surface area contributed by atoms with E-state index in [2.05, 4.69) is 51.3 Å². The van der Waals surface area contributed by atoms with Gasteiger partial charge in [0.05, 0.1) is 25.6 Å². The summed E-state index contributed by atoms with van der Waals surface area (Å²) in [6, 6.07) is 14.6. The van der Waals surface area contributed by atoms with E-state index in [-0.39, 0.29) is 0 Å². The van der Waals surface area contributed by atoms with Gasteiger partial charge in [0.2, 0.25) is 0 Å². The zero-order valence-corrected chi connectivity index (χ0v) is 18.3. The molecule has 0 atom stereocenters. The van der Waals surface area contributed by atoms with E-state index in [9.17, 15) is 0 Å². The quantitative estimate of drug-likeness (QED) is 0.405. The number of hydrogen-bond acceptors (Lipinski definition) is 3. The molecule has 2 aromatic carbocycles. The molecule has 1 aromatic heterocycles. The highest BCUT2D eigenvalue weighted by Gasteiger charge is 2.16. The van der Waals surface area contributed by atoms with Crippen LogP contribution in [0.15, 0.2) is 67.8 Å². The number of aryl methyl sites for hydroxylation is 2. The van der Waals surface area contributed by atoms with E-state index in [1.807, 2.05) is 30.4 Å². The van der Waals surface area contributed by atoms with Gasteiger partial charge in [0.25, 0.3) is 0 Å². The molecule has 0 N–H and O–H groups in total. The summed E-state index contributed by atoms with van der Waals surface area (Å²) in [6.45, 7) is 11.9. The average molecular weight is 400 g/mol. The summed E-state index contributed by atoms with van der Waals surface area (Å²) in [5, 5.41) is 0. The molecule has 3 heteroatoms. The topological polar surface area (TPSA) is 31.4 Å². The zero-order valence-electron chi connectivity index (χ0n) is 18.3. The minimum Gasteiger partial charge on any atom is -0.496 e. The molecule has 0 fully saturated rings. The van der Waals surface area contributed by atoms with Gasteiger partial charge in [0, 0.05) is 11.1 Å². The number of nitrogens with zero attached hydrogens (tertiary/aromatic N) is 1. The Morgan fingerprint density at radius 3 is 1.57 bits per heavy atom. The molecule has 0 saturated carbocycles. The van der Waals surface area contributed by atoms with Crippen LogP contribution in [-0.4, -0.2) is 19.2 Å². The van der Waals surface area contributed by atoms with Gasteiger partial charge < -0.3 is 9.47 Å². The SMILES string of the molecule is C=CCc1cc(C)cc(-c2cccc(-c3cc(C)cc(CC=C)c3OC)n2)c1OC. The van der Waals surface area contributed by atoms with Crippen molar-refractivity contribution >= 4 is 0 Å². The van der Waals surface area contributed by atoms with Crippen molar-refractivity contribution in [3.8, 4) is 34.0 Å². The van der Waals surface area contributed by atoms with Crippen molar-refractivity contribution < 1.29 is 9.47 Å². The van der Waals surface area contributed by atoms with Gasteiger partial charge in [-0.1, -0.05) is 30.4 Å². The van der Waals surface area contributed by atoms with Crippen LogP contribution in [0, 0.1) is 13.8 Å². The second kappa shape index (κ2) is 9.45. The predicted molar refractivity (Wildman–Crippen MR) is 125 cm³/mol. The highest BCUT2D eigenvalue weighted by molar-refractivity contribution is 5.76. The summed E-state index contributed by atoms with van der Waals surface area (Å²) in [6.07, 6.45) is 5.27. The molecule has 1 heterocycles. The number of rotatable bonds is 8. The van der Waals surface area contributed by atoms with Gasteiger partial charge >= 0.3 is 0 Å². The normalized spacial score (nSPS) is 10.5. The second-order valence-electron chi connectivity index (χ2n) is 7.40. The molecular weight excluding hydrogens is 370 g/mol. The smallest absolute Gasteiger partial charge is 0.131 e. The summed E-state index contributed by atoms with van der Waals surface area (Å²) < 4.78 is 11.6. The first-order valence-corrected chi connectivity index (χ1v) is 10.1. The molecule has 3 rings (SSSR count). The lowest BCUT2D eigenvalue weighted by Crippen LogP contribution is -1.99. The van der Waals surface area contributed by atoms with Crippen molar-refractivity contribution in [2.75, 3.05) is 14.2 Å². The summed E-state index contributed by atoms with van der Waals surface area (Å²) in [5.41, 5.74) is 8.24. The molecule has 30 heavy (non-hydrogen) atoms. The predicted octanol–water partition coefficient (Wildman–Crippen LogP) is 6.51. The monoisotopic (exact) mass is 399 g/mol. The van der Waals surface area contributed by atoms with E-state index in [1.54, 1.807) is 14.2 Å². The maximum absolute atomic E-state index is 5.78. The van der Waals surface area contributed by atoms with E-state index >= 15 is 0 Å². The van der Waals surface area contributed by atoms with Crippen LogP contribution in [0.4, 0.5) is 0 Å². The van der Waals surface area contributed by atoms with E-state index in [0.717, 1.165) is 69.1 Å². The maximum atomic E-state index is 5.78. The number of allylic oxidation sites excluding steroid dienone is 2. The average Bonchev–Trinajstić information content (AvgIpc) is 2.73. The lowest BCUT2D eigenvalue weighted by molar-refractivity contribution is 0.412. The van der Waals surface area contributed by atoms with E-state index in [1.165, 1.54) is 0 Å². The molecule has 0 saturated heterocycles. The fraction of sp³-hybridized carbons (Fsp3) is 0.222. The van der Waals surface area contributed by atoms with Gasteiger partial charge in [0.1, 0.15) is 11.5 Å². The highest BCUT2D eigenvalue weighted by atomic mass is 16.5. The van der Waals surface area contributed by atoms with Crippen molar-refractivity contribution in [3.05, 3.63) is 90.0 Å². The van der Waals surface area contributed by atoms with Crippen LogP contribution in [0.25, 0.3) is 22.5 Å². The first-order valence-electron chi connectivity index (χ1n) is 10.1. The molecular formula is C27H29NO2. The number of pyridine rings is 1. The maximum Gasteiger partial charge on any atom is 0.131 e. The Hall–Kier alpha value is -3.33. The third-order valence-electron chi connectivity index (χ3n) is 5.06. The number of methoxy groups -OCH3 is 2. The Labute approximate surface area is 179 Å². The Balaban J connectivity index is 2.20. The van der Waals surface area contributed by atoms with Crippen molar-refractivity contribution in [1.29, 1.82) is 0 Å². The van der Waals surface area contributed by atoms with Crippen LogP contribution in [0.2, 0.25) is 0 Å². The van der Waals surface area contributed by atoms with Gasteiger partial charge in [-0.3, -0.25) is 0 Å². The largest absolute Gasteiger partial charge is 0.496 e. The minimum atomic E-state index is 0.744. The van der Waals surface area contributed by atoms with Crippen molar-refractivity contribution in [1.82, 2.24) is 4.98 Å². The molecule has 0 aliphatic rings. The first-order chi connectivity index (χ1) is 14.5. The van der Waals surface area contributed by atoms with Crippen LogP contribution in [0.5, 0.6) is 11.5 Å². The van der Waals surface area contributed by atoms with Crippen molar-refractivity contribution in [2.24, 2.45) is 0 Å². The van der Waals surface area contributed by atoms with Gasteiger partial charge in [-0.2, -0.15) is 0 Å². The Kier molecular flexibility index (Phi) is 6.73. The van der Waals surface area contributed by atoms with Crippen molar-refractivity contribution in [2.45, 2.75) is 26.7 Å². The third-order valence-corrected chi connectivity index (χ3v) is 5.06. The second-order valence-corrected chi connectivity index (χ2v) is 7.40. The van der Waals surface area contributed by atoms with Crippen molar-refractivity contribution in [3.63, 3.8) is 0 Å². The molecule has 0 amide bonds. The summed E-state index contributed by atoms with van der Waals surface area (Å²) in [4.78, 5) is 5.00. The van der Waals surface area contributed by atoms with E-state index in [0.29, 0.717) is 0 Å². The molecule has 0 aliphatic heterocycles. The number of benzene rings is 2. The first kappa shape index (κ1) is 21.4. The fourth-order valence-corrected chi connectivity index (χ4v) is 3.91. The summed E-state index contributed by atoms with van der Waals surface area (Å²) >= 11 is 0. The number of ether oxygens (including phenoxy) is 2. The number of aromatic nitrogens is 1. The van der Waals surface area contributed by atoms with Crippen LogP contribution >= 0.6 is 0 Å². The minimum absolute atomic E-state index is 0.744. The van der Waals surface area contributed by atoms with E-state index in [4.69, 9.17) is 14.5 Å². The molecule has 0 unspecified atom stereocenters. The Morgan fingerprint density at radius 2 is 1.20 bits per heavy atom. The lowest BCUT2D eigenvalue weighted by Gasteiger charge is -2.16. The molecule has 0 spiro atoms. The van der Waals surface area contributed by atoms with Gasteiger partial charge in [0.15, 0.2) is 0 Å². The fourth-order valence-electron chi connectivity index (χ4n) is 3.91. The zero-order chi connectivity index (χ0) is 21.7. The van der Waals surface area contributed by atoms with Gasteiger partial charge in [-0.25, -0.2) is 4.98 Å². The molecule has 154 valence electrons.